The van der Waals surface area contributed by atoms with Gasteiger partial charge in [0.2, 0.25) is 0 Å². The van der Waals surface area contributed by atoms with Gasteiger partial charge >= 0.3 is 7.05 Å². The molecule has 162 valence electrons. The molecule has 3 saturated carbocycles. The van der Waals surface area contributed by atoms with Crippen LogP contribution < -0.4 is 5.46 Å². The quantitative estimate of drug-likeness (QED) is 0.699. The van der Waals surface area contributed by atoms with Gasteiger partial charge in [0.05, 0.1) is 11.3 Å². The topological polar surface area (TPSA) is 73.7 Å². The first-order chi connectivity index (χ1) is 14.8. The van der Waals surface area contributed by atoms with Gasteiger partial charge in [-0.25, -0.2) is 4.98 Å². The monoisotopic (exact) mass is 418 g/mol. The molecule has 0 aromatic carbocycles. The van der Waals surface area contributed by atoms with Crippen LogP contribution in [0.5, 0.6) is 0 Å². The Labute approximate surface area is 183 Å². The number of H-pyrrole nitrogens is 1. The number of fused-ring (bicyclic) bond motifs is 6. The molecule has 6 nitrogen and oxygen atoms in total. The van der Waals surface area contributed by atoms with E-state index in [1.54, 1.807) is 0 Å². The van der Waals surface area contributed by atoms with E-state index in [1.807, 2.05) is 12.4 Å². The summed E-state index contributed by atoms with van der Waals surface area (Å²) in [5.74, 6) is 2.48. The fourth-order valence-electron chi connectivity index (χ4n) is 7.97. The minimum absolute atomic E-state index is 0.166. The van der Waals surface area contributed by atoms with Crippen LogP contribution in [0.4, 0.5) is 0 Å². The molecule has 0 spiro atoms. The molecule has 2 aromatic rings. The molecule has 7 heteroatoms. The second-order valence-electron chi connectivity index (χ2n) is 11.6. The smallest absolute Gasteiger partial charge is 0.407 e. The number of hydrogen-bond acceptors (Lipinski definition) is 5. The van der Waals surface area contributed by atoms with Crippen molar-refractivity contribution in [2.75, 3.05) is 6.54 Å². The number of aromatic amines is 1. The average molecular weight is 418 g/mol. The van der Waals surface area contributed by atoms with Crippen molar-refractivity contribution in [1.82, 2.24) is 14.9 Å². The Morgan fingerprint density at radius 1 is 1.29 bits per heavy atom. The van der Waals surface area contributed by atoms with Crippen LogP contribution in [-0.2, 0) is 4.65 Å². The Morgan fingerprint density at radius 2 is 2.16 bits per heavy atom. The maximum Gasteiger partial charge on any atom is 0.471 e. The van der Waals surface area contributed by atoms with Crippen molar-refractivity contribution in [2.45, 2.75) is 64.1 Å². The summed E-state index contributed by atoms with van der Waals surface area (Å²) < 4.78 is 6.55. The SMILES string of the molecule is C[C@H]1C[C@@H]2[C@H](C3=NN4CCC(C)(C)OB4c4cnc5[nH]ccc5c43)[C@@H]3C[C@H]2[C@@](O)(C1)C3. The molecule has 0 unspecified atom stereocenters. The standard InChI is InChI=1S/C24H31BN4O2/c1-13-8-16-17-9-14(11-24(17,30)10-13)19(16)21-20-15-4-6-26-22(15)27-12-18(20)25-29(28-21)7-5-23(2,3)31-25/h4,6,12-14,16-17,19,30H,5,7-11H2,1-3H3,(H,26,27)/t13-,14+,16-,17+,19+,24+/m0/s1. The zero-order chi connectivity index (χ0) is 21.1. The number of aliphatic hydroxyl groups is 1. The second-order valence-corrected chi connectivity index (χ2v) is 11.6. The van der Waals surface area contributed by atoms with Gasteiger partial charge < -0.3 is 19.7 Å². The van der Waals surface area contributed by atoms with Crippen LogP contribution in [0, 0.1) is 29.6 Å². The molecule has 4 fully saturated rings. The summed E-state index contributed by atoms with van der Waals surface area (Å²) >= 11 is 0. The Balaban J connectivity index is 1.40. The molecule has 6 atom stereocenters. The van der Waals surface area contributed by atoms with Crippen molar-refractivity contribution in [3.05, 3.63) is 24.0 Å². The third-order valence-corrected chi connectivity index (χ3v) is 9.06. The lowest BCUT2D eigenvalue weighted by Gasteiger charge is -2.50. The molecule has 0 radical (unpaired) electrons. The van der Waals surface area contributed by atoms with E-state index in [2.05, 4.69) is 36.7 Å². The summed E-state index contributed by atoms with van der Waals surface area (Å²) in [6.45, 7) is 7.56. The number of aromatic nitrogens is 2. The number of hydrogen-bond donors (Lipinski definition) is 2. The van der Waals surface area contributed by atoms with Crippen molar-refractivity contribution in [3.63, 3.8) is 0 Å². The predicted molar refractivity (Wildman–Crippen MR) is 121 cm³/mol. The molecule has 7 rings (SSSR count). The first-order valence-electron chi connectivity index (χ1n) is 12.0. The lowest BCUT2D eigenvalue weighted by molar-refractivity contribution is -0.0913. The normalized spacial score (nSPS) is 40.1. The molecule has 31 heavy (non-hydrogen) atoms. The van der Waals surface area contributed by atoms with E-state index >= 15 is 0 Å². The number of nitrogens with zero attached hydrogens (tertiary/aromatic N) is 3. The van der Waals surface area contributed by atoms with E-state index in [1.165, 1.54) is 17.7 Å². The minimum Gasteiger partial charge on any atom is -0.407 e. The summed E-state index contributed by atoms with van der Waals surface area (Å²) in [5, 5.41) is 17.9. The predicted octanol–water partition coefficient (Wildman–Crippen LogP) is 2.91. The highest BCUT2D eigenvalue weighted by molar-refractivity contribution is 6.68. The highest BCUT2D eigenvalue weighted by atomic mass is 16.5. The number of nitrogens with one attached hydrogen (secondary N) is 1. The molecule has 2 N–H and O–H groups in total. The van der Waals surface area contributed by atoms with E-state index in [0.717, 1.165) is 48.7 Å². The van der Waals surface area contributed by atoms with Crippen LogP contribution in [0.3, 0.4) is 0 Å². The largest absolute Gasteiger partial charge is 0.471 e. The van der Waals surface area contributed by atoms with Gasteiger partial charge in [-0.1, -0.05) is 6.92 Å². The Morgan fingerprint density at radius 3 is 3.03 bits per heavy atom. The zero-order valence-electron chi connectivity index (χ0n) is 18.6. The van der Waals surface area contributed by atoms with Gasteiger partial charge in [0, 0.05) is 46.9 Å². The molecule has 2 bridgehead atoms. The Kier molecular flexibility index (Phi) is 3.57. The number of pyridine rings is 1. The number of rotatable bonds is 1. The first kappa shape index (κ1) is 18.7. The van der Waals surface area contributed by atoms with Gasteiger partial charge in [-0.3, -0.25) is 0 Å². The van der Waals surface area contributed by atoms with Crippen LogP contribution in [0.1, 0.15) is 58.4 Å². The summed E-state index contributed by atoms with van der Waals surface area (Å²) in [7, 11) is -0.171. The summed E-state index contributed by atoms with van der Waals surface area (Å²) in [6.07, 6.45) is 9.23. The highest BCUT2D eigenvalue weighted by Gasteiger charge is 2.63. The van der Waals surface area contributed by atoms with Crippen molar-refractivity contribution in [2.24, 2.45) is 34.7 Å². The third kappa shape index (κ3) is 2.48. The Hall–Kier alpha value is -1.86. The minimum atomic E-state index is -0.440. The van der Waals surface area contributed by atoms with Crippen molar-refractivity contribution < 1.29 is 9.76 Å². The van der Waals surface area contributed by atoms with Crippen LogP contribution in [0.25, 0.3) is 11.0 Å². The van der Waals surface area contributed by atoms with Gasteiger partial charge in [-0.05, 0) is 75.7 Å². The molecule has 3 aliphatic carbocycles. The van der Waals surface area contributed by atoms with Crippen molar-refractivity contribution in [3.8, 4) is 0 Å². The fourth-order valence-corrected chi connectivity index (χ4v) is 7.97. The summed E-state index contributed by atoms with van der Waals surface area (Å²) in [4.78, 5) is 10.2. The van der Waals surface area contributed by atoms with Crippen LogP contribution in [0.2, 0.25) is 0 Å². The molecule has 4 heterocycles. The lowest BCUT2D eigenvalue weighted by atomic mass is 9.58. The van der Waals surface area contributed by atoms with E-state index in [-0.39, 0.29) is 12.7 Å². The molecular formula is C24H31BN4O2. The fraction of sp³-hybridized carbons (Fsp3) is 0.667. The lowest BCUT2D eigenvalue weighted by Crippen LogP contribution is -2.62. The summed E-state index contributed by atoms with van der Waals surface area (Å²) in [6, 6.07) is 2.15. The first-order valence-corrected chi connectivity index (χ1v) is 12.0. The van der Waals surface area contributed by atoms with Gasteiger partial charge in [0.15, 0.2) is 0 Å². The Bertz CT molecular complexity index is 1110. The van der Waals surface area contributed by atoms with E-state index in [4.69, 9.17) is 14.7 Å². The van der Waals surface area contributed by atoms with Gasteiger partial charge in [-0.15, -0.1) is 0 Å². The highest BCUT2D eigenvalue weighted by Crippen LogP contribution is 2.64. The number of hydrazone groups is 1. The molecule has 1 saturated heterocycles. The molecular weight excluding hydrogens is 387 g/mol. The maximum absolute atomic E-state index is 11.4. The molecule has 2 aliphatic heterocycles. The van der Waals surface area contributed by atoms with Gasteiger partial charge in [0.1, 0.15) is 5.65 Å². The zero-order valence-corrected chi connectivity index (χ0v) is 18.6. The van der Waals surface area contributed by atoms with Crippen molar-refractivity contribution >= 4 is 29.3 Å². The molecule has 0 amide bonds. The van der Waals surface area contributed by atoms with Crippen LogP contribution in [0.15, 0.2) is 23.6 Å². The van der Waals surface area contributed by atoms with Crippen LogP contribution in [-0.4, -0.2) is 50.5 Å². The average Bonchev–Trinajstić information content (AvgIpc) is 3.39. The summed E-state index contributed by atoms with van der Waals surface area (Å²) in [5.41, 5.74) is 3.95. The third-order valence-electron chi connectivity index (χ3n) is 9.06. The van der Waals surface area contributed by atoms with Gasteiger partial charge in [-0.2, -0.15) is 5.10 Å². The van der Waals surface area contributed by atoms with Crippen LogP contribution >= 0.6 is 0 Å². The van der Waals surface area contributed by atoms with E-state index in [0.29, 0.717) is 29.6 Å². The van der Waals surface area contributed by atoms with Gasteiger partial charge in [0.25, 0.3) is 0 Å². The van der Waals surface area contributed by atoms with E-state index in [9.17, 15) is 5.11 Å². The molecule has 5 aliphatic rings. The van der Waals surface area contributed by atoms with E-state index < -0.39 is 5.60 Å². The maximum atomic E-state index is 11.4. The second kappa shape index (κ2) is 5.93. The van der Waals surface area contributed by atoms with Crippen molar-refractivity contribution in [1.29, 1.82) is 0 Å². The molecule has 2 aromatic heterocycles.